The van der Waals surface area contributed by atoms with Gasteiger partial charge in [-0.3, -0.25) is 4.79 Å². The maximum Gasteiger partial charge on any atom is 0.391 e. The number of rotatable bonds is 5. The molecule has 2 N–H and O–H groups in total. The fourth-order valence-corrected chi connectivity index (χ4v) is 3.02. The molecule has 1 atom stereocenters. The molecule has 1 amide bonds. The average molecular weight is 343 g/mol. The maximum absolute atomic E-state index is 12.4. The number of alkyl halides is 3. The second-order valence-electron chi connectivity index (χ2n) is 6.14. The normalized spacial score (nSPS) is 17.3. The number of hydrogen-bond donors (Lipinski definition) is 2. The van der Waals surface area contributed by atoms with E-state index in [0.717, 1.165) is 18.4 Å². The summed E-state index contributed by atoms with van der Waals surface area (Å²) in [6.45, 7) is 0. The van der Waals surface area contributed by atoms with Crippen LogP contribution in [0.1, 0.15) is 60.4 Å². The predicted octanol–water partition coefficient (Wildman–Crippen LogP) is 3.87. The van der Waals surface area contributed by atoms with Crippen LogP contribution in [0.4, 0.5) is 13.2 Å². The van der Waals surface area contributed by atoms with E-state index < -0.39 is 30.5 Å². The Kier molecular flexibility index (Phi) is 5.85. The van der Waals surface area contributed by atoms with Crippen molar-refractivity contribution in [1.29, 1.82) is 0 Å². The Morgan fingerprint density at radius 3 is 2.21 bits per heavy atom. The van der Waals surface area contributed by atoms with Crippen molar-refractivity contribution < 1.29 is 27.9 Å². The van der Waals surface area contributed by atoms with E-state index in [2.05, 4.69) is 0 Å². The molecule has 1 unspecified atom stereocenters. The molecule has 24 heavy (non-hydrogen) atoms. The van der Waals surface area contributed by atoms with Crippen LogP contribution in [0.2, 0.25) is 0 Å². The molecule has 132 valence electrons. The maximum atomic E-state index is 12.4. The Bertz CT molecular complexity index is 578. The first kappa shape index (κ1) is 18.3. The number of benzene rings is 1. The second kappa shape index (κ2) is 7.68. The zero-order chi connectivity index (χ0) is 17.7. The fourth-order valence-electron chi connectivity index (χ4n) is 3.02. The van der Waals surface area contributed by atoms with Gasteiger partial charge in [-0.15, -0.1) is 0 Å². The lowest BCUT2D eigenvalue weighted by atomic mass is 9.84. The molecule has 7 heteroatoms. The minimum atomic E-state index is -4.67. The van der Waals surface area contributed by atoms with Crippen LogP contribution >= 0.6 is 0 Å². The van der Waals surface area contributed by atoms with Gasteiger partial charge in [0.15, 0.2) is 0 Å². The van der Waals surface area contributed by atoms with Crippen LogP contribution in [0, 0.1) is 0 Å². The van der Waals surface area contributed by atoms with Crippen LogP contribution in [0.3, 0.4) is 0 Å². The van der Waals surface area contributed by atoms with Gasteiger partial charge in [-0.1, -0.05) is 31.4 Å². The lowest BCUT2D eigenvalue weighted by Gasteiger charge is -2.22. The minimum absolute atomic E-state index is 0.156. The SMILES string of the molecule is O=C(NC(CC(F)(F)F)C(=O)O)c1ccc(C2CCCCC2)cc1. The topological polar surface area (TPSA) is 66.4 Å². The number of carboxylic acids is 1. The average Bonchev–Trinajstić information content (AvgIpc) is 2.54. The molecule has 0 aromatic heterocycles. The highest BCUT2D eigenvalue weighted by Crippen LogP contribution is 2.32. The number of carbonyl (C=O) groups excluding carboxylic acids is 1. The molecule has 0 heterocycles. The molecule has 0 spiro atoms. The number of aliphatic carboxylic acids is 1. The third-order valence-electron chi connectivity index (χ3n) is 4.29. The number of halogens is 3. The van der Waals surface area contributed by atoms with Gasteiger partial charge in [0.05, 0.1) is 6.42 Å². The molecule has 1 aliphatic rings. The van der Waals surface area contributed by atoms with Crippen LogP contribution in [0.15, 0.2) is 24.3 Å². The van der Waals surface area contributed by atoms with E-state index in [-0.39, 0.29) is 5.56 Å². The Hall–Kier alpha value is -2.05. The van der Waals surface area contributed by atoms with Gasteiger partial charge in [0.25, 0.3) is 5.91 Å². The highest BCUT2D eigenvalue weighted by molar-refractivity contribution is 5.96. The van der Waals surface area contributed by atoms with Crippen molar-refractivity contribution in [1.82, 2.24) is 5.32 Å². The number of carbonyl (C=O) groups is 2. The lowest BCUT2D eigenvalue weighted by Crippen LogP contribution is -2.43. The molecule has 0 saturated heterocycles. The monoisotopic (exact) mass is 343 g/mol. The van der Waals surface area contributed by atoms with Crippen molar-refractivity contribution in [3.63, 3.8) is 0 Å². The molecule has 4 nitrogen and oxygen atoms in total. The van der Waals surface area contributed by atoms with Gasteiger partial charge in [0.1, 0.15) is 6.04 Å². The van der Waals surface area contributed by atoms with Gasteiger partial charge in [0.2, 0.25) is 0 Å². The molecule has 0 radical (unpaired) electrons. The van der Waals surface area contributed by atoms with Gasteiger partial charge in [-0.05, 0) is 36.5 Å². The Labute approximate surface area is 138 Å². The number of amides is 1. The third-order valence-corrected chi connectivity index (χ3v) is 4.29. The smallest absolute Gasteiger partial charge is 0.391 e. The summed E-state index contributed by atoms with van der Waals surface area (Å²) in [6, 6.07) is 4.67. The van der Waals surface area contributed by atoms with Crippen molar-refractivity contribution in [2.45, 2.75) is 56.7 Å². The first-order valence-electron chi connectivity index (χ1n) is 7.96. The van der Waals surface area contributed by atoms with Crippen molar-refractivity contribution in [3.8, 4) is 0 Å². The van der Waals surface area contributed by atoms with Gasteiger partial charge in [-0.2, -0.15) is 13.2 Å². The summed E-state index contributed by atoms with van der Waals surface area (Å²) in [6.07, 6.45) is -0.506. The van der Waals surface area contributed by atoms with Gasteiger partial charge in [0, 0.05) is 5.56 Å². The summed E-state index contributed by atoms with van der Waals surface area (Å²) in [5.41, 5.74) is 1.26. The van der Waals surface area contributed by atoms with Gasteiger partial charge >= 0.3 is 12.1 Å². The summed E-state index contributed by atoms with van der Waals surface area (Å²) in [4.78, 5) is 22.9. The quantitative estimate of drug-likeness (QED) is 0.853. The Morgan fingerprint density at radius 1 is 1.12 bits per heavy atom. The largest absolute Gasteiger partial charge is 0.480 e. The van der Waals surface area contributed by atoms with E-state index in [9.17, 15) is 22.8 Å². The molecule has 2 rings (SSSR count). The fraction of sp³-hybridized carbons (Fsp3) is 0.529. The van der Waals surface area contributed by atoms with Gasteiger partial charge < -0.3 is 10.4 Å². The van der Waals surface area contributed by atoms with Crippen LogP contribution in [-0.2, 0) is 4.79 Å². The molecule has 1 fully saturated rings. The lowest BCUT2D eigenvalue weighted by molar-refractivity contribution is -0.157. The number of carboxylic acid groups (broad SMARTS) is 1. The highest BCUT2D eigenvalue weighted by Gasteiger charge is 2.36. The van der Waals surface area contributed by atoms with Crippen LogP contribution in [0.5, 0.6) is 0 Å². The minimum Gasteiger partial charge on any atom is -0.480 e. The second-order valence-corrected chi connectivity index (χ2v) is 6.14. The molecule has 0 aliphatic heterocycles. The number of nitrogens with one attached hydrogen (secondary N) is 1. The van der Waals surface area contributed by atoms with Crippen molar-refractivity contribution in [3.05, 3.63) is 35.4 Å². The predicted molar refractivity (Wildman–Crippen MR) is 81.8 cm³/mol. The van der Waals surface area contributed by atoms with Gasteiger partial charge in [-0.25, -0.2) is 4.79 Å². The third kappa shape index (κ3) is 5.25. The molecule has 1 aliphatic carbocycles. The Balaban J connectivity index is 2.01. The standard InChI is InChI=1S/C17H20F3NO3/c18-17(19,20)10-14(16(23)24)21-15(22)13-8-6-12(7-9-13)11-4-2-1-3-5-11/h6-9,11,14H,1-5,10H2,(H,21,22)(H,23,24). The first-order chi connectivity index (χ1) is 11.3. The number of hydrogen-bond acceptors (Lipinski definition) is 2. The van der Waals surface area contributed by atoms with E-state index in [1.165, 1.54) is 31.4 Å². The van der Waals surface area contributed by atoms with Crippen LogP contribution in [0.25, 0.3) is 0 Å². The van der Waals surface area contributed by atoms with Crippen molar-refractivity contribution >= 4 is 11.9 Å². The van der Waals surface area contributed by atoms with E-state index in [4.69, 9.17) is 5.11 Å². The molecular weight excluding hydrogens is 323 g/mol. The zero-order valence-electron chi connectivity index (χ0n) is 13.1. The highest BCUT2D eigenvalue weighted by atomic mass is 19.4. The Morgan fingerprint density at radius 2 is 1.71 bits per heavy atom. The summed E-state index contributed by atoms with van der Waals surface area (Å²) in [7, 11) is 0. The van der Waals surface area contributed by atoms with E-state index >= 15 is 0 Å². The molecule has 1 aromatic rings. The van der Waals surface area contributed by atoms with Crippen molar-refractivity contribution in [2.75, 3.05) is 0 Å². The zero-order valence-corrected chi connectivity index (χ0v) is 13.1. The van der Waals surface area contributed by atoms with E-state index in [0.29, 0.717) is 5.92 Å². The van der Waals surface area contributed by atoms with Crippen LogP contribution < -0.4 is 5.32 Å². The van der Waals surface area contributed by atoms with Crippen molar-refractivity contribution in [2.24, 2.45) is 0 Å². The molecule has 1 saturated carbocycles. The van der Waals surface area contributed by atoms with E-state index in [1.54, 1.807) is 12.1 Å². The summed E-state index contributed by atoms with van der Waals surface area (Å²) in [5.74, 6) is -2.07. The molecule has 0 bridgehead atoms. The first-order valence-corrected chi connectivity index (χ1v) is 7.96. The summed E-state index contributed by atoms with van der Waals surface area (Å²) >= 11 is 0. The summed E-state index contributed by atoms with van der Waals surface area (Å²) in [5, 5.41) is 10.8. The molecule has 1 aromatic carbocycles. The molecular formula is C17H20F3NO3. The summed E-state index contributed by atoms with van der Waals surface area (Å²) < 4.78 is 37.1. The van der Waals surface area contributed by atoms with Crippen LogP contribution in [-0.4, -0.2) is 29.2 Å². The van der Waals surface area contributed by atoms with E-state index in [1.807, 2.05) is 5.32 Å².